The van der Waals surface area contributed by atoms with Crippen LogP contribution in [-0.4, -0.2) is 58.1 Å². The minimum Gasteiger partial charge on any atom is -0.366 e. The smallest absolute Gasteiger partial charge is 0.262 e. The fourth-order valence-electron chi connectivity index (χ4n) is 3.94. The highest BCUT2D eigenvalue weighted by Gasteiger charge is 2.24. The molecule has 1 saturated heterocycles. The third kappa shape index (κ3) is 4.89. The average Bonchev–Trinajstić information content (AvgIpc) is 2.84. The number of para-hydroxylation sites is 1. The van der Waals surface area contributed by atoms with Crippen LogP contribution in [0.1, 0.15) is 17.3 Å². The molecule has 0 N–H and O–H groups in total. The number of amides is 1. The Balaban J connectivity index is 1.41. The summed E-state index contributed by atoms with van der Waals surface area (Å²) in [5.41, 5.74) is 1.20. The van der Waals surface area contributed by atoms with E-state index in [9.17, 15) is 18.8 Å². The van der Waals surface area contributed by atoms with Crippen molar-refractivity contribution >= 4 is 40.0 Å². The van der Waals surface area contributed by atoms with Gasteiger partial charge in [0.1, 0.15) is 5.82 Å². The molecule has 1 aromatic heterocycles. The number of benzene rings is 2. The molecule has 0 radical (unpaired) electrons. The number of hydrogen-bond acceptors (Lipinski definition) is 6. The van der Waals surface area contributed by atoms with Gasteiger partial charge in [0, 0.05) is 38.3 Å². The van der Waals surface area contributed by atoms with Crippen molar-refractivity contribution in [2.45, 2.75) is 18.6 Å². The summed E-state index contributed by atoms with van der Waals surface area (Å²) >= 11 is 1.23. The molecule has 0 spiro atoms. The maximum atomic E-state index is 14.5. The van der Waals surface area contributed by atoms with Gasteiger partial charge < -0.3 is 9.80 Å². The van der Waals surface area contributed by atoms with E-state index in [2.05, 4.69) is 11.6 Å². The maximum absolute atomic E-state index is 14.5. The van der Waals surface area contributed by atoms with Crippen LogP contribution in [0.2, 0.25) is 0 Å². The number of ketones is 1. The molecule has 1 aliphatic rings. The quantitative estimate of drug-likeness (QED) is 0.223. The number of halogens is 1. The number of anilines is 1. The van der Waals surface area contributed by atoms with E-state index in [1.165, 1.54) is 29.3 Å². The van der Waals surface area contributed by atoms with Crippen LogP contribution in [0, 0.1) is 5.82 Å². The lowest BCUT2D eigenvalue weighted by Gasteiger charge is -2.36. The number of piperazine rings is 1. The lowest BCUT2D eigenvalue weighted by molar-refractivity contribution is -0.128. The molecule has 2 aromatic carbocycles. The van der Waals surface area contributed by atoms with Gasteiger partial charge in [-0.2, -0.15) is 0 Å². The fourth-order valence-corrected chi connectivity index (χ4v) is 4.86. The lowest BCUT2D eigenvalue weighted by atomic mass is 10.1. The van der Waals surface area contributed by atoms with Crippen LogP contribution < -0.4 is 10.5 Å². The summed E-state index contributed by atoms with van der Waals surface area (Å²) in [6.07, 6.45) is 1.63. The topological polar surface area (TPSA) is 75.5 Å². The zero-order valence-electron chi connectivity index (χ0n) is 18.9. The molecule has 1 fully saturated rings. The Kier molecular flexibility index (Phi) is 7.12. The second-order valence-electron chi connectivity index (χ2n) is 7.99. The lowest BCUT2D eigenvalue weighted by Crippen LogP contribution is -2.49. The summed E-state index contributed by atoms with van der Waals surface area (Å²) in [4.78, 5) is 45.4. The van der Waals surface area contributed by atoms with E-state index < -0.39 is 5.82 Å². The second-order valence-corrected chi connectivity index (χ2v) is 8.94. The predicted molar refractivity (Wildman–Crippen MR) is 132 cm³/mol. The molecule has 9 heteroatoms. The number of carbonyl (C=O) groups is 2. The molecule has 1 aliphatic heterocycles. The van der Waals surface area contributed by atoms with Gasteiger partial charge in [-0.15, -0.1) is 6.58 Å². The van der Waals surface area contributed by atoms with Gasteiger partial charge in [0.15, 0.2) is 10.9 Å². The number of Topliss-reactive ketones (excluding diaryl/α,β-unsaturated/α-hetero) is 1. The molecule has 34 heavy (non-hydrogen) atoms. The normalized spacial score (nSPS) is 13.8. The summed E-state index contributed by atoms with van der Waals surface area (Å²) in [5, 5.41) is 1.00. The van der Waals surface area contributed by atoms with E-state index in [-0.39, 0.29) is 23.0 Å². The SMILES string of the molecule is C=CCn1c(SCC(=O)N2CCN(c3ccc(C(C)=O)cc3F)CC2)nc2ccccc2c1=O. The van der Waals surface area contributed by atoms with Gasteiger partial charge >= 0.3 is 0 Å². The van der Waals surface area contributed by atoms with E-state index in [0.29, 0.717) is 60.0 Å². The number of rotatable bonds is 7. The van der Waals surface area contributed by atoms with Gasteiger partial charge in [0.25, 0.3) is 5.56 Å². The first kappa shape index (κ1) is 23.7. The zero-order valence-corrected chi connectivity index (χ0v) is 19.7. The molecule has 7 nitrogen and oxygen atoms in total. The Morgan fingerprint density at radius 1 is 1.15 bits per heavy atom. The Morgan fingerprint density at radius 3 is 2.56 bits per heavy atom. The van der Waals surface area contributed by atoms with Crippen molar-refractivity contribution in [1.82, 2.24) is 14.5 Å². The Labute approximate surface area is 200 Å². The van der Waals surface area contributed by atoms with E-state index in [4.69, 9.17) is 0 Å². The van der Waals surface area contributed by atoms with Crippen LogP contribution in [0.5, 0.6) is 0 Å². The molecule has 0 bridgehead atoms. The van der Waals surface area contributed by atoms with Crippen LogP contribution in [0.3, 0.4) is 0 Å². The average molecular weight is 481 g/mol. The van der Waals surface area contributed by atoms with Crippen LogP contribution >= 0.6 is 11.8 Å². The van der Waals surface area contributed by atoms with Gasteiger partial charge in [-0.1, -0.05) is 30.0 Å². The molecule has 2 heterocycles. The van der Waals surface area contributed by atoms with Crippen molar-refractivity contribution in [3.05, 3.63) is 76.9 Å². The van der Waals surface area contributed by atoms with Crippen LogP contribution in [0.15, 0.2) is 65.1 Å². The number of thioether (sulfide) groups is 1. The highest BCUT2D eigenvalue weighted by atomic mass is 32.2. The number of carbonyl (C=O) groups excluding carboxylic acids is 2. The van der Waals surface area contributed by atoms with Crippen molar-refractivity contribution in [3.63, 3.8) is 0 Å². The minimum absolute atomic E-state index is 0.0652. The van der Waals surface area contributed by atoms with Crippen LogP contribution in [-0.2, 0) is 11.3 Å². The molecule has 3 aromatic rings. The highest BCUT2D eigenvalue weighted by molar-refractivity contribution is 7.99. The van der Waals surface area contributed by atoms with Crippen molar-refractivity contribution in [3.8, 4) is 0 Å². The zero-order chi connectivity index (χ0) is 24.2. The van der Waals surface area contributed by atoms with Crippen molar-refractivity contribution in [2.24, 2.45) is 0 Å². The second kappa shape index (κ2) is 10.2. The van der Waals surface area contributed by atoms with Gasteiger partial charge in [-0.3, -0.25) is 19.0 Å². The molecule has 1 amide bonds. The summed E-state index contributed by atoms with van der Waals surface area (Å²) in [7, 11) is 0. The van der Waals surface area contributed by atoms with Gasteiger partial charge in [0.05, 0.1) is 22.3 Å². The standard InChI is InChI=1S/C25H25FN4O3S/c1-3-10-30-24(33)19-6-4-5-7-21(19)27-25(30)34-16-23(32)29-13-11-28(12-14-29)22-9-8-18(17(2)31)15-20(22)26/h3-9,15H,1,10-14,16H2,2H3. The van der Waals surface area contributed by atoms with Crippen LogP contribution in [0.4, 0.5) is 10.1 Å². The Morgan fingerprint density at radius 2 is 1.88 bits per heavy atom. The van der Waals surface area contributed by atoms with Gasteiger partial charge in [-0.05, 0) is 37.3 Å². The Bertz CT molecular complexity index is 1320. The summed E-state index contributed by atoms with van der Waals surface area (Å²) in [6.45, 7) is 7.32. The number of fused-ring (bicyclic) bond motifs is 1. The summed E-state index contributed by atoms with van der Waals surface area (Å²) < 4.78 is 16.0. The van der Waals surface area contributed by atoms with E-state index in [0.717, 1.165) is 0 Å². The minimum atomic E-state index is -0.439. The third-order valence-corrected chi connectivity index (χ3v) is 6.75. The van der Waals surface area contributed by atoms with E-state index >= 15 is 0 Å². The molecule has 0 aliphatic carbocycles. The van der Waals surface area contributed by atoms with Crippen molar-refractivity contribution < 1.29 is 14.0 Å². The first-order valence-corrected chi connectivity index (χ1v) is 11.9. The number of hydrogen-bond donors (Lipinski definition) is 0. The predicted octanol–water partition coefficient (Wildman–Crippen LogP) is 3.37. The molecular formula is C25H25FN4O3S. The molecular weight excluding hydrogens is 455 g/mol. The first-order chi connectivity index (χ1) is 16.4. The summed E-state index contributed by atoms with van der Waals surface area (Å²) in [5.74, 6) is -0.545. The number of allylic oxidation sites excluding steroid dienone is 1. The molecule has 0 unspecified atom stereocenters. The molecule has 4 rings (SSSR count). The van der Waals surface area contributed by atoms with Crippen molar-refractivity contribution in [1.29, 1.82) is 0 Å². The Hall–Kier alpha value is -3.46. The number of nitrogens with zero attached hydrogens (tertiary/aromatic N) is 4. The molecule has 176 valence electrons. The first-order valence-electron chi connectivity index (χ1n) is 11.0. The summed E-state index contributed by atoms with van der Waals surface area (Å²) in [6, 6.07) is 11.6. The van der Waals surface area contributed by atoms with Gasteiger partial charge in [-0.25, -0.2) is 9.37 Å². The largest absolute Gasteiger partial charge is 0.366 e. The maximum Gasteiger partial charge on any atom is 0.262 e. The van der Waals surface area contributed by atoms with E-state index in [1.54, 1.807) is 41.3 Å². The van der Waals surface area contributed by atoms with Crippen LogP contribution in [0.25, 0.3) is 10.9 Å². The number of aromatic nitrogens is 2. The van der Waals surface area contributed by atoms with Gasteiger partial charge in [0.2, 0.25) is 5.91 Å². The van der Waals surface area contributed by atoms with Crippen molar-refractivity contribution in [2.75, 3.05) is 36.8 Å². The molecule has 0 saturated carbocycles. The third-order valence-electron chi connectivity index (χ3n) is 5.79. The fraction of sp³-hybridized carbons (Fsp3) is 0.280. The van der Waals surface area contributed by atoms with E-state index in [1.807, 2.05) is 11.0 Å². The monoisotopic (exact) mass is 480 g/mol. The highest BCUT2D eigenvalue weighted by Crippen LogP contribution is 2.23. The molecule has 0 atom stereocenters.